The molecule has 2 heterocycles. The van der Waals surface area contributed by atoms with E-state index in [2.05, 4.69) is 18.9 Å². The highest BCUT2D eigenvalue weighted by atomic mass is 32.2. The predicted octanol–water partition coefficient (Wildman–Crippen LogP) is 5.19. The van der Waals surface area contributed by atoms with E-state index in [0.29, 0.717) is 18.8 Å². The molecule has 0 saturated heterocycles. The molecule has 1 aromatic carbocycles. The summed E-state index contributed by atoms with van der Waals surface area (Å²) in [6.07, 6.45) is 5.28. The number of aromatic nitrogens is 2. The molecular formula is C21H27N3O2S2. The maximum atomic E-state index is 13.6. The van der Waals surface area contributed by atoms with Gasteiger partial charge in [0.1, 0.15) is 10.6 Å². The second-order valence-electron chi connectivity index (χ2n) is 6.71. The lowest BCUT2D eigenvalue weighted by molar-refractivity contribution is 0.395. The molecule has 28 heavy (non-hydrogen) atoms. The van der Waals surface area contributed by atoms with E-state index in [9.17, 15) is 8.42 Å². The molecule has 0 unspecified atom stereocenters. The molecule has 2 aromatic heterocycles. The van der Waals surface area contributed by atoms with Crippen LogP contribution < -0.4 is 0 Å². The molecule has 7 heteroatoms. The van der Waals surface area contributed by atoms with Crippen LogP contribution in [0.2, 0.25) is 0 Å². The smallest absolute Gasteiger partial charge is 0.239 e. The average Bonchev–Trinajstić information content (AvgIpc) is 3.38. The molecule has 150 valence electrons. The summed E-state index contributed by atoms with van der Waals surface area (Å²) in [5.41, 5.74) is 1.37. The minimum atomic E-state index is -3.63. The molecule has 0 radical (unpaired) electrons. The largest absolute Gasteiger partial charge is 0.246 e. The van der Waals surface area contributed by atoms with Crippen LogP contribution in [-0.4, -0.2) is 35.6 Å². The molecule has 0 aliphatic carbocycles. The summed E-state index contributed by atoms with van der Waals surface area (Å²) < 4.78 is 30.5. The number of rotatable bonds is 10. The Morgan fingerprint density at radius 3 is 2.25 bits per heavy atom. The van der Waals surface area contributed by atoms with Crippen molar-refractivity contribution in [3.05, 3.63) is 54.0 Å². The number of hydrogen-bond donors (Lipinski definition) is 0. The standard InChI is InChI=1S/C21H27N3O2S2/c1-3-5-14-23(15-6-4-2)28(25,26)20-17-24(18-11-8-7-9-12-18)22-21(20)19-13-10-16-27-19/h7-13,16-17H,3-6,14-15H2,1-2H3. The van der Waals surface area contributed by atoms with Gasteiger partial charge in [-0.15, -0.1) is 11.3 Å². The fourth-order valence-corrected chi connectivity index (χ4v) is 5.44. The third-order valence-corrected chi connectivity index (χ3v) is 7.37. The van der Waals surface area contributed by atoms with E-state index in [4.69, 9.17) is 0 Å². The Hall–Kier alpha value is -1.96. The number of benzene rings is 1. The lowest BCUT2D eigenvalue weighted by Gasteiger charge is -2.21. The van der Waals surface area contributed by atoms with Gasteiger partial charge in [0.15, 0.2) is 0 Å². The monoisotopic (exact) mass is 417 g/mol. The van der Waals surface area contributed by atoms with Crippen LogP contribution in [0.3, 0.4) is 0 Å². The highest BCUT2D eigenvalue weighted by molar-refractivity contribution is 7.89. The molecule has 3 rings (SSSR count). The van der Waals surface area contributed by atoms with Gasteiger partial charge >= 0.3 is 0 Å². The second kappa shape index (κ2) is 9.49. The van der Waals surface area contributed by atoms with Crippen molar-refractivity contribution in [1.82, 2.24) is 14.1 Å². The summed E-state index contributed by atoms with van der Waals surface area (Å²) in [6.45, 7) is 5.24. The van der Waals surface area contributed by atoms with Gasteiger partial charge < -0.3 is 0 Å². The van der Waals surface area contributed by atoms with Gasteiger partial charge in [-0.25, -0.2) is 13.1 Å². The summed E-state index contributed by atoms with van der Waals surface area (Å²) >= 11 is 1.50. The molecule has 0 atom stereocenters. The first-order valence-electron chi connectivity index (χ1n) is 9.77. The van der Waals surface area contributed by atoms with E-state index in [1.165, 1.54) is 11.3 Å². The van der Waals surface area contributed by atoms with Gasteiger partial charge in [-0.3, -0.25) is 0 Å². The summed E-state index contributed by atoms with van der Waals surface area (Å²) in [7, 11) is -3.63. The Bertz CT molecular complexity index is 957. The zero-order chi connectivity index (χ0) is 20.0. The van der Waals surface area contributed by atoms with Crippen LogP contribution in [0.15, 0.2) is 58.9 Å². The Labute approximate surface area is 171 Å². The number of hydrogen-bond acceptors (Lipinski definition) is 4. The summed E-state index contributed by atoms with van der Waals surface area (Å²) in [5, 5.41) is 6.60. The average molecular weight is 418 g/mol. The molecule has 3 aromatic rings. The van der Waals surface area contributed by atoms with E-state index < -0.39 is 10.0 Å². The van der Waals surface area contributed by atoms with Crippen molar-refractivity contribution in [1.29, 1.82) is 0 Å². The maximum absolute atomic E-state index is 13.6. The maximum Gasteiger partial charge on any atom is 0.246 e. The number of para-hydroxylation sites is 1. The van der Waals surface area contributed by atoms with Gasteiger partial charge in [-0.1, -0.05) is 51.0 Å². The molecule has 0 spiro atoms. The first-order chi connectivity index (χ1) is 13.6. The molecule has 0 N–H and O–H groups in total. The zero-order valence-corrected chi connectivity index (χ0v) is 18.0. The fourth-order valence-electron chi connectivity index (χ4n) is 3.00. The van der Waals surface area contributed by atoms with Crippen molar-refractivity contribution in [2.24, 2.45) is 0 Å². The van der Waals surface area contributed by atoms with Crippen LogP contribution in [0, 0.1) is 0 Å². The quantitative estimate of drug-likeness (QED) is 0.456. The van der Waals surface area contributed by atoms with Crippen LogP contribution in [0.5, 0.6) is 0 Å². The summed E-state index contributed by atoms with van der Waals surface area (Å²) in [6, 6.07) is 13.5. The van der Waals surface area contributed by atoms with Crippen molar-refractivity contribution in [3.8, 4) is 16.3 Å². The van der Waals surface area contributed by atoms with Gasteiger partial charge in [0.05, 0.1) is 16.8 Å². The van der Waals surface area contributed by atoms with Crippen LogP contribution in [0.1, 0.15) is 39.5 Å². The second-order valence-corrected chi connectivity index (χ2v) is 9.56. The predicted molar refractivity (Wildman–Crippen MR) is 115 cm³/mol. The SMILES string of the molecule is CCCCN(CCCC)S(=O)(=O)c1cn(-c2ccccc2)nc1-c1cccs1. The Kier molecular flexibility index (Phi) is 7.04. The van der Waals surface area contributed by atoms with E-state index in [-0.39, 0.29) is 4.90 Å². The minimum Gasteiger partial charge on any atom is -0.239 e. The fraction of sp³-hybridized carbons (Fsp3) is 0.381. The lowest BCUT2D eigenvalue weighted by atomic mass is 10.3. The van der Waals surface area contributed by atoms with E-state index in [1.807, 2.05) is 47.8 Å². The molecular weight excluding hydrogens is 390 g/mol. The van der Waals surface area contributed by atoms with Gasteiger partial charge in [0.2, 0.25) is 10.0 Å². The lowest BCUT2D eigenvalue weighted by Crippen LogP contribution is -2.33. The molecule has 0 amide bonds. The van der Waals surface area contributed by atoms with Crippen molar-refractivity contribution in [3.63, 3.8) is 0 Å². The number of sulfonamides is 1. The summed E-state index contributed by atoms with van der Waals surface area (Å²) in [5.74, 6) is 0. The van der Waals surface area contributed by atoms with Crippen LogP contribution >= 0.6 is 11.3 Å². The Morgan fingerprint density at radius 1 is 1.00 bits per heavy atom. The topological polar surface area (TPSA) is 55.2 Å². The number of thiophene rings is 1. The van der Waals surface area contributed by atoms with Crippen molar-refractivity contribution >= 4 is 21.4 Å². The van der Waals surface area contributed by atoms with E-state index in [0.717, 1.165) is 36.2 Å². The first-order valence-corrected chi connectivity index (χ1v) is 12.1. The minimum absolute atomic E-state index is 0.283. The number of nitrogens with zero attached hydrogens (tertiary/aromatic N) is 3. The highest BCUT2D eigenvalue weighted by Gasteiger charge is 2.30. The molecule has 0 aliphatic rings. The molecule has 0 saturated carbocycles. The molecule has 0 fully saturated rings. The number of unbranched alkanes of at least 4 members (excludes halogenated alkanes) is 2. The van der Waals surface area contributed by atoms with E-state index in [1.54, 1.807) is 15.2 Å². The van der Waals surface area contributed by atoms with Gasteiger partial charge in [0.25, 0.3) is 0 Å². The zero-order valence-electron chi connectivity index (χ0n) is 16.4. The van der Waals surface area contributed by atoms with Crippen molar-refractivity contribution in [2.45, 2.75) is 44.4 Å². The van der Waals surface area contributed by atoms with Crippen molar-refractivity contribution < 1.29 is 8.42 Å². The molecule has 0 aliphatic heterocycles. The van der Waals surface area contributed by atoms with Crippen LogP contribution in [0.25, 0.3) is 16.3 Å². The van der Waals surface area contributed by atoms with Crippen LogP contribution in [-0.2, 0) is 10.0 Å². The summed E-state index contributed by atoms with van der Waals surface area (Å²) in [4.78, 5) is 1.14. The first kappa shape index (κ1) is 20.8. The Morgan fingerprint density at radius 2 is 1.68 bits per heavy atom. The third-order valence-electron chi connectivity index (χ3n) is 4.60. The highest BCUT2D eigenvalue weighted by Crippen LogP contribution is 2.32. The van der Waals surface area contributed by atoms with Crippen molar-refractivity contribution in [2.75, 3.05) is 13.1 Å². The van der Waals surface area contributed by atoms with E-state index >= 15 is 0 Å². The Balaban J connectivity index is 2.08. The van der Waals surface area contributed by atoms with Crippen LogP contribution in [0.4, 0.5) is 0 Å². The van der Waals surface area contributed by atoms with Gasteiger partial charge in [-0.2, -0.15) is 9.40 Å². The normalized spacial score (nSPS) is 12.0. The molecule has 0 bridgehead atoms. The third kappa shape index (κ3) is 4.54. The molecule has 5 nitrogen and oxygen atoms in total. The van der Waals surface area contributed by atoms with Gasteiger partial charge in [0, 0.05) is 13.1 Å². The van der Waals surface area contributed by atoms with Gasteiger partial charge in [-0.05, 0) is 36.4 Å².